The first-order valence-corrected chi connectivity index (χ1v) is 15.4. The average Bonchev–Trinajstić information content (AvgIpc) is 3.10. The predicted molar refractivity (Wildman–Crippen MR) is 135 cm³/mol. The van der Waals surface area contributed by atoms with Crippen molar-refractivity contribution in [2.75, 3.05) is 0 Å². The van der Waals surface area contributed by atoms with E-state index in [0.29, 0.717) is 24.2 Å². The summed E-state index contributed by atoms with van der Waals surface area (Å²) in [7, 11) is -4.83. The second-order valence-electron chi connectivity index (χ2n) is 13.1. The topological polar surface area (TPSA) is 83.8 Å². The van der Waals surface area contributed by atoms with Gasteiger partial charge < -0.3 is 14.5 Å². The first kappa shape index (κ1) is 26.4. The summed E-state index contributed by atoms with van der Waals surface area (Å²) in [6.45, 7) is 12.2. The molecule has 3 saturated carbocycles. The van der Waals surface area contributed by atoms with E-state index in [0.717, 1.165) is 42.4 Å². The van der Waals surface area contributed by atoms with Crippen LogP contribution in [0.2, 0.25) is 0 Å². The molecule has 0 aromatic heterocycles. The minimum Gasteiger partial charge on any atom is -0.453 e. The normalized spacial score (nSPS) is 40.7. The smallest absolute Gasteiger partial charge is 0.433 e. The molecule has 4 rings (SSSR count). The highest BCUT2D eigenvalue weighted by molar-refractivity contribution is 7.69. The van der Waals surface area contributed by atoms with Crippen LogP contribution in [0.15, 0.2) is 11.6 Å². The molecule has 0 amide bonds. The Morgan fingerprint density at radius 1 is 1.09 bits per heavy atom. The third-order valence-electron chi connectivity index (χ3n) is 10.8. The monoisotopic (exact) mass is 494 g/mol. The fourth-order valence-electron chi connectivity index (χ4n) is 8.96. The molecule has 5 nitrogen and oxygen atoms in total. The second-order valence-corrected chi connectivity index (χ2v) is 14.5. The molecule has 0 aliphatic heterocycles. The number of rotatable bonds is 7. The fraction of sp³-hybridized carbons (Fsp3) is 0.893. The van der Waals surface area contributed by atoms with Crippen molar-refractivity contribution >= 4 is 13.3 Å². The van der Waals surface area contributed by atoms with E-state index >= 15 is 0 Å². The van der Waals surface area contributed by atoms with Crippen LogP contribution >= 0.6 is 7.60 Å². The lowest BCUT2D eigenvalue weighted by Crippen LogP contribution is -2.51. The number of carbonyl (C=O) groups excluding carboxylic acids is 1. The Balaban J connectivity index is 1.45. The van der Waals surface area contributed by atoms with E-state index < -0.39 is 19.4 Å². The largest absolute Gasteiger partial charge is 0.453 e. The third kappa shape index (κ3) is 4.83. The van der Waals surface area contributed by atoms with Crippen LogP contribution in [0.3, 0.4) is 0 Å². The minimum atomic E-state index is -4.83. The van der Waals surface area contributed by atoms with Crippen molar-refractivity contribution in [3.63, 3.8) is 0 Å². The van der Waals surface area contributed by atoms with E-state index in [1.54, 1.807) is 0 Å². The molecule has 34 heavy (non-hydrogen) atoms. The zero-order chi connectivity index (χ0) is 24.9. The van der Waals surface area contributed by atoms with Crippen LogP contribution < -0.4 is 0 Å². The Hall–Kier alpha value is -0.640. The zero-order valence-electron chi connectivity index (χ0n) is 22.0. The molecule has 2 N–H and O–H groups in total. The van der Waals surface area contributed by atoms with Gasteiger partial charge in [-0.05, 0) is 91.3 Å². The molecular formula is C28H47O5P. The maximum Gasteiger partial charge on any atom is 0.433 e. The number of allylic oxidation sites excluding steroid dienone is 1. The summed E-state index contributed by atoms with van der Waals surface area (Å²) >= 11 is 0. The maximum absolute atomic E-state index is 11.7. The first-order chi connectivity index (χ1) is 15.9. The Morgan fingerprint density at radius 2 is 1.82 bits per heavy atom. The molecule has 0 unspecified atom stereocenters. The summed E-state index contributed by atoms with van der Waals surface area (Å²) in [6, 6.07) is 0. The summed E-state index contributed by atoms with van der Waals surface area (Å²) in [4.78, 5) is 30.0. The summed E-state index contributed by atoms with van der Waals surface area (Å²) in [5.41, 5.74) is 0.596. The van der Waals surface area contributed by atoms with Gasteiger partial charge in [0.25, 0.3) is 0 Å². The van der Waals surface area contributed by atoms with Crippen molar-refractivity contribution in [1.82, 2.24) is 0 Å². The molecule has 4 aliphatic rings. The van der Waals surface area contributed by atoms with E-state index in [9.17, 15) is 9.36 Å². The summed E-state index contributed by atoms with van der Waals surface area (Å²) in [5.74, 6) is 4.70. The van der Waals surface area contributed by atoms with Gasteiger partial charge in [-0.1, -0.05) is 65.5 Å². The van der Waals surface area contributed by atoms with Crippen LogP contribution in [0.5, 0.6) is 0 Å². The highest BCUT2D eigenvalue weighted by Crippen LogP contribution is 2.67. The molecule has 194 valence electrons. The van der Waals surface area contributed by atoms with E-state index in [2.05, 4.69) is 40.7 Å². The van der Waals surface area contributed by atoms with Crippen molar-refractivity contribution in [3.05, 3.63) is 11.6 Å². The van der Waals surface area contributed by atoms with Gasteiger partial charge in [0.05, 0.1) is 0 Å². The van der Waals surface area contributed by atoms with Gasteiger partial charge in [-0.15, -0.1) is 0 Å². The molecule has 6 heteroatoms. The van der Waals surface area contributed by atoms with Gasteiger partial charge in [-0.25, -0.2) is 9.36 Å². The SMILES string of the molecule is CC(C)CCC[C@@H](C)[C@H]1CC[C@H]2[C@@H]3CC=C4C[C@@H](OC(=O)P(=O)(O)O)CC[C@]4(C)[C@H]3CC[C@]12C. The Bertz CT molecular complexity index is 846. The number of hydrogen-bond acceptors (Lipinski definition) is 3. The molecule has 0 radical (unpaired) electrons. The van der Waals surface area contributed by atoms with Gasteiger partial charge in [-0.3, -0.25) is 0 Å². The average molecular weight is 495 g/mol. The van der Waals surface area contributed by atoms with E-state index in [4.69, 9.17) is 14.5 Å². The lowest BCUT2D eigenvalue weighted by atomic mass is 9.47. The van der Waals surface area contributed by atoms with Gasteiger partial charge >= 0.3 is 13.3 Å². The minimum absolute atomic E-state index is 0.135. The molecule has 0 aromatic rings. The quantitative estimate of drug-likeness (QED) is 0.280. The van der Waals surface area contributed by atoms with Crippen molar-refractivity contribution in [1.29, 1.82) is 0 Å². The second kappa shape index (κ2) is 9.67. The maximum atomic E-state index is 11.7. The summed E-state index contributed by atoms with van der Waals surface area (Å²) in [6.07, 6.45) is 14.8. The number of hydrogen-bond donors (Lipinski definition) is 2. The van der Waals surface area contributed by atoms with Crippen LogP contribution in [0.4, 0.5) is 4.79 Å². The Morgan fingerprint density at radius 3 is 2.50 bits per heavy atom. The van der Waals surface area contributed by atoms with Crippen LogP contribution in [-0.2, 0) is 9.30 Å². The van der Waals surface area contributed by atoms with Crippen molar-refractivity contribution in [3.8, 4) is 0 Å². The Labute approximate surface area is 206 Å². The van der Waals surface area contributed by atoms with E-state index in [1.807, 2.05) is 0 Å². The number of ether oxygens (including phenoxy) is 1. The number of carbonyl (C=O) groups is 1. The Kier molecular flexibility index (Phi) is 7.52. The molecule has 3 fully saturated rings. The molecule has 8 atom stereocenters. The summed E-state index contributed by atoms with van der Waals surface area (Å²) < 4.78 is 16.5. The third-order valence-corrected chi connectivity index (χ3v) is 11.3. The first-order valence-electron chi connectivity index (χ1n) is 13.8. The van der Waals surface area contributed by atoms with Crippen LogP contribution in [0.25, 0.3) is 0 Å². The van der Waals surface area contributed by atoms with E-state index in [-0.39, 0.29) is 5.41 Å². The fourth-order valence-corrected chi connectivity index (χ4v) is 9.25. The van der Waals surface area contributed by atoms with Crippen molar-refractivity contribution in [2.45, 2.75) is 111 Å². The molecule has 4 aliphatic carbocycles. The van der Waals surface area contributed by atoms with Crippen LogP contribution in [0.1, 0.15) is 105 Å². The van der Waals surface area contributed by atoms with Gasteiger partial charge in [0, 0.05) is 6.42 Å². The predicted octanol–water partition coefficient (Wildman–Crippen LogP) is 7.71. The van der Waals surface area contributed by atoms with Crippen LogP contribution in [0, 0.1) is 46.3 Å². The molecule has 0 spiro atoms. The number of fused-ring (bicyclic) bond motifs is 5. The molecule has 0 saturated heterocycles. The highest BCUT2D eigenvalue weighted by Gasteiger charge is 2.59. The lowest BCUT2D eigenvalue weighted by Gasteiger charge is -2.58. The standard InChI is InChI=1S/C28H47O5P/c1-18(2)7-6-8-19(3)23-11-12-24-22-10-9-20-17-21(33-26(29)34(30,31)32)13-15-27(20,4)25(22)14-16-28(23,24)5/h9,18-19,21-25H,6-8,10-17H2,1-5H3,(H2,30,31,32)/t19-,21+,22+,23-,24+,25+,27+,28-/m1/s1. The summed E-state index contributed by atoms with van der Waals surface area (Å²) in [5, 5.41) is 0. The van der Waals surface area contributed by atoms with Crippen molar-refractivity contribution in [2.24, 2.45) is 46.3 Å². The van der Waals surface area contributed by atoms with Crippen LogP contribution in [-0.4, -0.2) is 21.6 Å². The van der Waals surface area contributed by atoms with E-state index in [1.165, 1.54) is 50.5 Å². The zero-order valence-corrected chi connectivity index (χ0v) is 22.9. The molecule has 0 bridgehead atoms. The van der Waals surface area contributed by atoms with Gasteiger partial charge in [0.2, 0.25) is 0 Å². The molecule has 0 heterocycles. The molecule has 0 aromatic carbocycles. The van der Waals surface area contributed by atoms with Gasteiger partial charge in [0.1, 0.15) is 6.10 Å². The van der Waals surface area contributed by atoms with Crippen molar-refractivity contribution < 1.29 is 23.9 Å². The lowest BCUT2D eigenvalue weighted by molar-refractivity contribution is -0.0575. The van der Waals surface area contributed by atoms with Gasteiger partial charge in [0.15, 0.2) is 0 Å². The van der Waals surface area contributed by atoms with Gasteiger partial charge in [-0.2, -0.15) is 0 Å². The molecular weight excluding hydrogens is 447 g/mol. The highest BCUT2D eigenvalue weighted by atomic mass is 31.2.